The van der Waals surface area contributed by atoms with Gasteiger partial charge in [-0.15, -0.1) is 0 Å². The number of hydrogen-bond acceptors (Lipinski definition) is 3. The minimum Gasteiger partial charge on any atom is -0.435 e. The Labute approximate surface area is 122 Å². The Kier molecular flexibility index (Phi) is 4.34. The predicted molar refractivity (Wildman–Crippen MR) is 75.1 cm³/mol. The van der Waals surface area contributed by atoms with E-state index in [0.29, 0.717) is 15.7 Å². The molecule has 0 spiro atoms. The van der Waals surface area contributed by atoms with Crippen molar-refractivity contribution in [2.24, 2.45) is 0 Å². The molecule has 2 aromatic rings. The highest BCUT2D eigenvalue weighted by Crippen LogP contribution is 2.23. The van der Waals surface area contributed by atoms with Gasteiger partial charge in [-0.1, -0.05) is 12.1 Å². The molecule has 20 heavy (non-hydrogen) atoms. The number of anilines is 1. The summed E-state index contributed by atoms with van der Waals surface area (Å²) in [5.74, 6) is -0.356. The fraction of sp³-hybridized carbons (Fsp3) is 0.0714. The number of alkyl halides is 2. The van der Waals surface area contributed by atoms with Crippen molar-refractivity contribution in [2.45, 2.75) is 6.61 Å². The maximum Gasteiger partial charge on any atom is 0.387 e. The third kappa shape index (κ3) is 3.33. The first-order chi connectivity index (χ1) is 9.47. The fourth-order valence-electron chi connectivity index (χ4n) is 1.65. The highest BCUT2D eigenvalue weighted by atomic mass is 79.9. The van der Waals surface area contributed by atoms with Gasteiger partial charge in [0.2, 0.25) is 0 Å². The van der Waals surface area contributed by atoms with E-state index in [4.69, 9.17) is 5.73 Å². The standard InChI is InChI=1S/C14H10BrF2NO2/c15-11-7-9(4-5-12(11)18)13(19)8-2-1-3-10(6-8)20-14(16)17/h1-7,14H,18H2. The summed E-state index contributed by atoms with van der Waals surface area (Å²) in [6.45, 7) is -2.92. The summed E-state index contributed by atoms with van der Waals surface area (Å²) in [6, 6.07) is 10.4. The largest absolute Gasteiger partial charge is 0.435 e. The minimum absolute atomic E-state index is 0.0552. The van der Waals surface area contributed by atoms with Crippen molar-refractivity contribution in [3.05, 3.63) is 58.1 Å². The number of halogens is 3. The van der Waals surface area contributed by atoms with Crippen LogP contribution in [0.5, 0.6) is 5.75 Å². The van der Waals surface area contributed by atoms with Gasteiger partial charge in [0.15, 0.2) is 5.78 Å². The van der Waals surface area contributed by atoms with Crippen LogP contribution in [0.2, 0.25) is 0 Å². The Hall–Kier alpha value is -1.95. The summed E-state index contributed by atoms with van der Waals surface area (Å²) in [4.78, 5) is 12.2. The molecular weight excluding hydrogens is 332 g/mol. The third-order valence-electron chi connectivity index (χ3n) is 2.58. The molecule has 0 atom stereocenters. The molecule has 0 saturated heterocycles. The minimum atomic E-state index is -2.92. The van der Waals surface area contributed by atoms with Gasteiger partial charge in [-0.2, -0.15) is 8.78 Å². The molecule has 0 amide bonds. The van der Waals surface area contributed by atoms with Gasteiger partial charge in [0, 0.05) is 21.3 Å². The molecule has 2 rings (SSSR count). The van der Waals surface area contributed by atoms with E-state index in [0.717, 1.165) is 0 Å². The number of carbonyl (C=O) groups excluding carboxylic acids is 1. The summed E-state index contributed by atoms with van der Waals surface area (Å²) in [7, 11) is 0. The van der Waals surface area contributed by atoms with Crippen LogP contribution in [0.1, 0.15) is 15.9 Å². The normalized spacial score (nSPS) is 10.6. The van der Waals surface area contributed by atoms with Crippen LogP contribution >= 0.6 is 15.9 Å². The molecule has 0 aliphatic heterocycles. The Balaban J connectivity index is 2.30. The lowest BCUT2D eigenvalue weighted by atomic mass is 10.0. The van der Waals surface area contributed by atoms with E-state index in [-0.39, 0.29) is 17.1 Å². The molecule has 0 heterocycles. The smallest absolute Gasteiger partial charge is 0.387 e. The second kappa shape index (κ2) is 6.00. The van der Waals surface area contributed by atoms with E-state index >= 15 is 0 Å². The zero-order valence-corrected chi connectivity index (χ0v) is 11.7. The van der Waals surface area contributed by atoms with Crippen LogP contribution in [0.15, 0.2) is 46.9 Å². The van der Waals surface area contributed by atoms with Gasteiger partial charge in [-0.3, -0.25) is 4.79 Å². The lowest BCUT2D eigenvalue weighted by Gasteiger charge is -2.07. The number of carbonyl (C=O) groups is 1. The second-order valence-corrected chi connectivity index (χ2v) is 4.83. The Bertz CT molecular complexity index is 647. The third-order valence-corrected chi connectivity index (χ3v) is 3.27. The van der Waals surface area contributed by atoms with Crippen LogP contribution in [-0.4, -0.2) is 12.4 Å². The maximum atomic E-state index is 12.2. The molecule has 0 bridgehead atoms. The monoisotopic (exact) mass is 341 g/mol. The van der Waals surface area contributed by atoms with Gasteiger partial charge in [-0.25, -0.2) is 0 Å². The van der Waals surface area contributed by atoms with Gasteiger partial charge < -0.3 is 10.5 Å². The molecule has 0 unspecified atom stereocenters. The van der Waals surface area contributed by atoms with Crippen LogP contribution in [0.3, 0.4) is 0 Å². The Morgan fingerprint density at radius 2 is 1.85 bits per heavy atom. The lowest BCUT2D eigenvalue weighted by molar-refractivity contribution is -0.0498. The summed E-state index contributed by atoms with van der Waals surface area (Å²) >= 11 is 3.23. The summed E-state index contributed by atoms with van der Waals surface area (Å²) in [5, 5.41) is 0. The molecule has 0 saturated carbocycles. The van der Waals surface area contributed by atoms with E-state index in [2.05, 4.69) is 20.7 Å². The van der Waals surface area contributed by atoms with Crippen molar-refractivity contribution >= 4 is 27.4 Å². The Morgan fingerprint density at radius 1 is 1.15 bits per heavy atom. The first-order valence-electron chi connectivity index (χ1n) is 5.62. The molecule has 0 aliphatic rings. The van der Waals surface area contributed by atoms with Gasteiger partial charge >= 0.3 is 6.61 Å². The number of ketones is 1. The quantitative estimate of drug-likeness (QED) is 0.678. The first kappa shape index (κ1) is 14.5. The molecule has 0 aliphatic carbocycles. The number of nitrogens with two attached hydrogens (primary N) is 1. The number of nitrogen functional groups attached to an aromatic ring is 1. The predicted octanol–water partition coefficient (Wildman–Crippen LogP) is 3.86. The SMILES string of the molecule is Nc1ccc(C(=O)c2cccc(OC(F)F)c2)cc1Br. The highest BCUT2D eigenvalue weighted by molar-refractivity contribution is 9.10. The van der Waals surface area contributed by atoms with Crippen molar-refractivity contribution in [2.75, 3.05) is 5.73 Å². The number of hydrogen-bond donors (Lipinski definition) is 1. The van der Waals surface area contributed by atoms with E-state index in [1.807, 2.05) is 0 Å². The van der Waals surface area contributed by atoms with Crippen LogP contribution in [-0.2, 0) is 0 Å². The average molecular weight is 342 g/mol. The van der Waals surface area contributed by atoms with Crippen LogP contribution in [0.25, 0.3) is 0 Å². The van der Waals surface area contributed by atoms with Gasteiger partial charge in [0.1, 0.15) is 5.75 Å². The summed E-state index contributed by atoms with van der Waals surface area (Å²) in [6.07, 6.45) is 0. The Morgan fingerprint density at radius 3 is 2.50 bits per heavy atom. The zero-order chi connectivity index (χ0) is 14.7. The molecule has 6 heteroatoms. The van der Waals surface area contributed by atoms with Crippen molar-refractivity contribution in [3.8, 4) is 5.75 Å². The molecule has 0 aromatic heterocycles. The molecule has 104 valence electrons. The maximum absolute atomic E-state index is 12.2. The highest BCUT2D eigenvalue weighted by Gasteiger charge is 2.12. The number of benzene rings is 2. The first-order valence-corrected chi connectivity index (χ1v) is 6.41. The van der Waals surface area contributed by atoms with Gasteiger partial charge in [0.25, 0.3) is 0 Å². The van der Waals surface area contributed by atoms with Crippen LogP contribution < -0.4 is 10.5 Å². The fourth-order valence-corrected chi connectivity index (χ4v) is 2.03. The topological polar surface area (TPSA) is 52.3 Å². The van der Waals surface area contributed by atoms with Crippen molar-refractivity contribution in [1.82, 2.24) is 0 Å². The van der Waals surface area contributed by atoms with Crippen molar-refractivity contribution < 1.29 is 18.3 Å². The molecule has 0 radical (unpaired) electrons. The zero-order valence-electron chi connectivity index (χ0n) is 10.1. The summed E-state index contributed by atoms with van der Waals surface area (Å²) in [5.41, 5.74) is 6.82. The van der Waals surface area contributed by atoms with Gasteiger partial charge in [0.05, 0.1) is 0 Å². The molecule has 3 nitrogen and oxygen atoms in total. The van der Waals surface area contributed by atoms with E-state index in [1.165, 1.54) is 24.3 Å². The molecule has 2 aromatic carbocycles. The van der Waals surface area contributed by atoms with Crippen LogP contribution in [0.4, 0.5) is 14.5 Å². The molecule has 2 N–H and O–H groups in total. The lowest BCUT2D eigenvalue weighted by Crippen LogP contribution is -2.05. The van der Waals surface area contributed by atoms with E-state index < -0.39 is 6.61 Å². The van der Waals surface area contributed by atoms with Crippen molar-refractivity contribution in [3.63, 3.8) is 0 Å². The van der Waals surface area contributed by atoms with Crippen molar-refractivity contribution in [1.29, 1.82) is 0 Å². The van der Waals surface area contributed by atoms with E-state index in [9.17, 15) is 13.6 Å². The number of ether oxygens (including phenoxy) is 1. The molecule has 0 fully saturated rings. The van der Waals surface area contributed by atoms with E-state index in [1.54, 1.807) is 18.2 Å². The van der Waals surface area contributed by atoms with Gasteiger partial charge in [-0.05, 0) is 46.3 Å². The second-order valence-electron chi connectivity index (χ2n) is 3.97. The van der Waals surface area contributed by atoms with Crippen LogP contribution in [0, 0.1) is 0 Å². The number of rotatable bonds is 4. The summed E-state index contributed by atoms with van der Waals surface area (Å²) < 4.78 is 29.2. The molecular formula is C14H10BrF2NO2. The average Bonchev–Trinajstić information content (AvgIpc) is 2.40.